The van der Waals surface area contributed by atoms with Gasteiger partial charge in [0.05, 0.1) is 10.9 Å². The van der Waals surface area contributed by atoms with Gasteiger partial charge in [-0.1, -0.05) is 18.2 Å². The maximum Gasteiger partial charge on any atom is 0.289 e. The lowest BCUT2D eigenvalue weighted by atomic mass is 10.1. The van der Waals surface area contributed by atoms with Crippen LogP contribution in [0.25, 0.3) is 21.8 Å². The van der Waals surface area contributed by atoms with Crippen molar-refractivity contribution in [2.75, 3.05) is 0 Å². The van der Waals surface area contributed by atoms with Gasteiger partial charge in [-0.15, -0.1) is 0 Å². The average Bonchev–Trinajstić information content (AvgIpc) is 2.34. The first-order valence-electron chi connectivity index (χ1n) is 5.18. The normalized spacial score (nSPS) is 11.1. The van der Waals surface area contributed by atoms with Crippen molar-refractivity contribution in [2.24, 2.45) is 0 Å². The minimum atomic E-state index is -0.381. The Labute approximate surface area is 95.1 Å². The molecule has 2 heterocycles. The number of nitrogens with zero attached hydrogens (tertiary/aromatic N) is 1. The lowest BCUT2D eigenvalue weighted by Crippen LogP contribution is -2.20. The second kappa shape index (κ2) is 3.28. The van der Waals surface area contributed by atoms with E-state index >= 15 is 0 Å². The number of rotatable bonds is 0. The highest BCUT2D eigenvalue weighted by atomic mass is 16.1. The Morgan fingerprint density at radius 2 is 1.76 bits per heavy atom. The molecule has 0 aliphatic heterocycles. The van der Waals surface area contributed by atoms with E-state index in [0.717, 1.165) is 10.9 Å². The third kappa shape index (κ3) is 1.29. The number of aryl methyl sites for hydroxylation is 1. The highest BCUT2D eigenvalue weighted by molar-refractivity contribution is 5.96. The molecule has 2 N–H and O–H groups in total. The third-order valence-electron chi connectivity index (χ3n) is 2.88. The Balaban J connectivity index is 2.74. The zero-order valence-electron chi connectivity index (χ0n) is 9.07. The van der Waals surface area contributed by atoms with E-state index in [2.05, 4.69) is 15.2 Å². The minimum Gasteiger partial charge on any atom is -0.267 e. The van der Waals surface area contributed by atoms with Gasteiger partial charge in [-0.05, 0) is 18.6 Å². The van der Waals surface area contributed by atoms with E-state index in [4.69, 9.17) is 0 Å². The summed E-state index contributed by atoms with van der Waals surface area (Å²) in [6.45, 7) is 1.82. The number of aromatic nitrogens is 3. The van der Waals surface area contributed by atoms with Gasteiger partial charge < -0.3 is 0 Å². The van der Waals surface area contributed by atoms with E-state index in [1.165, 1.54) is 0 Å². The Hall–Kier alpha value is -2.43. The number of aromatic amines is 2. The summed E-state index contributed by atoms with van der Waals surface area (Å²) in [7, 11) is 0. The summed E-state index contributed by atoms with van der Waals surface area (Å²) in [6.07, 6.45) is 0. The standard InChI is InChI=1S/C12H9N3O2/c1-6-7-4-2-3-5-8(7)13-10-9(6)11(16)14-15-12(10)17/h2-5H,1H3,(H,14,16)(H,15,17). The van der Waals surface area contributed by atoms with Gasteiger partial charge in [-0.2, -0.15) is 0 Å². The van der Waals surface area contributed by atoms with Crippen LogP contribution in [-0.2, 0) is 0 Å². The molecular formula is C12H9N3O2. The number of para-hydroxylation sites is 1. The van der Waals surface area contributed by atoms with Crippen LogP contribution in [0.2, 0.25) is 0 Å². The van der Waals surface area contributed by atoms with Gasteiger partial charge in [0.2, 0.25) is 0 Å². The molecule has 0 spiro atoms. The fraction of sp³-hybridized carbons (Fsp3) is 0.0833. The predicted octanol–water partition coefficient (Wildman–Crippen LogP) is 1.07. The second-order valence-corrected chi connectivity index (χ2v) is 3.89. The van der Waals surface area contributed by atoms with Crippen molar-refractivity contribution in [1.29, 1.82) is 0 Å². The molecule has 0 unspecified atom stereocenters. The van der Waals surface area contributed by atoms with Crippen LogP contribution in [-0.4, -0.2) is 15.2 Å². The third-order valence-corrected chi connectivity index (χ3v) is 2.88. The number of hydrogen-bond donors (Lipinski definition) is 2. The van der Waals surface area contributed by atoms with Crippen LogP contribution in [0.3, 0.4) is 0 Å². The largest absolute Gasteiger partial charge is 0.289 e. The van der Waals surface area contributed by atoms with Gasteiger partial charge in [0.1, 0.15) is 5.52 Å². The first kappa shape index (κ1) is 9.77. The van der Waals surface area contributed by atoms with Crippen LogP contribution in [0.5, 0.6) is 0 Å². The van der Waals surface area contributed by atoms with Crippen molar-refractivity contribution in [3.8, 4) is 0 Å². The lowest BCUT2D eigenvalue weighted by Gasteiger charge is -2.04. The van der Waals surface area contributed by atoms with E-state index in [9.17, 15) is 9.59 Å². The zero-order chi connectivity index (χ0) is 12.0. The highest BCUT2D eigenvalue weighted by Crippen LogP contribution is 2.20. The van der Waals surface area contributed by atoms with E-state index in [0.29, 0.717) is 10.9 Å². The molecule has 1 aromatic carbocycles. The molecule has 0 aliphatic rings. The zero-order valence-corrected chi connectivity index (χ0v) is 9.07. The number of benzene rings is 1. The molecule has 0 fully saturated rings. The molecule has 3 rings (SSSR count). The van der Waals surface area contributed by atoms with Crippen molar-refractivity contribution < 1.29 is 0 Å². The van der Waals surface area contributed by atoms with Gasteiger partial charge in [0, 0.05) is 5.39 Å². The Morgan fingerprint density at radius 3 is 2.59 bits per heavy atom. The molecule has 0 atom stereocenters. The summed E-state index contributed by atoms with van der Waals surface area (Å²) in [5.41, 5.74) is 0.973. The molecule has 0 aliphatic carbocycles. The molecule has 0 saturated carbocycles. The molecule has 5 nitrogen and oxygen atoms in total. The smallest absolute Gasteiger partial charge is 0.267 e. The quantitative estimate of drug-likeness (QED) is 0.564. The fourth-order valence-electron chi connectivity index (χ4n) is 2.05. The van der Waals surface area contributed by atoms with E-state index in [-0.39, 0.29) is 16.6 Å². The predicted molar refractivity (Wildman–Crippen MR) is 65.2 cm³/mol. The van der Waals surface area contributed by atoms with Crippen molar-refractivity contribution in [2.45, 2.75) is 6.92 Å². The second-order valence-electron chi connectivity index (χ2n) is 3.89. The monoisotopic (exact) mass is 227 g/mol. The average molecular weight is 227 g/mol. The molecule has 3 aromatic rings. The molecule has 0 bridgehead atoms. The van der Waals surface area contributed by atoms with E-state index in [1.54, 1.807) is 0 Å². The Bertz CT molecular complexity index is 846. The van der Waals surface area contributed by atoms with Crippen LogP contribution >= 0.6 is 0 Å². The number of H-pyrrole nitrogens is 2. The van der Waals surface area contributed by atoms with Crippen molar-refractivity contribution in [1.82, 2.24) is 15.2 Å². The van der Waals surface area contributed by atoms with Crippen LogP contribution in [0.1, 0.15) is 5.56 Å². The van der Waals surface area contributed by atoms with Gasteiger partial charge in [-0.25, -0.2) is 4.98 Å². The summed E-state index contributed by atoms with van der Waals surface area (Å²) in [4.78, 5) is 27.6. The van der Waals surface area contributed by atoms with E-state index in [1.807, 2.05) is 31.2 Å². The van der Waals surface area contributed by atoms with Crippen LogP contribution in [0.15, 0.2) is 33.9 Å². The summed E-state index contributed by atoms with van der Waals surface area (Å²) >= 11 is 0. The molecule has 0 radical (unpaired) electrons. The lowest BCUT2D eigenvalue weighted by molar-refractivity contribution is 0.970. The van der Waals surface area contributed by atoms with Crippen LogP contribution < -0.4 is 11.1 Å². The summed E-state index contributed by atoms with van der Waals surface area (Å²) < 4.78 is 0. The molecule has 17 heavy (non-hydrogen) atoms. The summed E-state index contributed by atoms with van der Waals surface area (Å²) in [5.74, 6) is 0. The minimum absolute atomic E-state index is 0.185. The Kier molecular flexibility index (Phi) is 1.89. The van der Waals surface area contributed by atoms with Gasteiger partial charge in [0.15, 0.2) is 0 Å². The first-order chi connectivity index (χ1) is 8.18. The maximum absolute atomic E-state index is 11.7. The highest BCUT2D eigenvalue weighted by Gasteiger charge is 2.10. The number of hydrogen-bond acceptors (Lipinski definition) is 3. The van der Waals surface area contributed by atoms with Crippen molar-refractivity contribution in [3.05, 3.63) is 50.5 Å². The van der Waals surface area contributed by atoms with Crippen LogP contribution in [0.4, 0.5) is 0 Å². The van der Waals surface area contributed by atoms with Crippen molar-refractivity contribution >= 4 is 21.8 Å². The molecule has 5 heteroatoms. The van der Waals surface area contributed by atoms with Gasteiger partial charge in [0.25, 0.3) is 11.1 Å². The summed E-state index contributed by atoms with van der Waals surface area (Å²) in [6, 6.07) is 7.44. The topological polar surface area (TPSA) is 78.6 Å². The molecule has 2 aromatic heterocycles. The first-order valence-corrected chi connectivity index (χ1v) is 5.18. The van der Waals surface area contributed by atoms with Crippen LogP contribution in [0, 0.1) is 6.92 Å². The van der Waals surface area contributed by atoms with Gasteiger partial charge in [-0.3, -0.25) is 19.8 Å². The number of pyridine rings is 1. The SMILES string of the molecule is Cc1c2ccccc2nc2c(=O)[nH][nH]c(=O)c12. The maximum atomic E-state index is 11.7. The summed E-state index contributed by atoms with van der Waals surface area (Å²) in [5, 5.41) is 5.83. The number of nitrogens with one attached hydrogen (secondary N) is 2. The van der Waals surface area contributed by atoms with Gasteiger partial charge >= 0.3 is 0 Å². The Morgan fingerprint density at radius 1 is 1.06 bits per heavy atom. The van der Waals surface area contributed by atoms with E-state index < -0.39 is 0 Å². The molecule has 0 saturated heterocycles. The molecule has 0 amide bonds. The van der Waals surface area contributed by atoms with Crippen molar-refractivity contribution in [3.63, 3.8) is 0 Å². The number of fused-ring (bicyclic) bond motifs is 2. The molecular weight excluding hydrogens is 218 g/mol. The fourth-order valence-corrected chi connectivity index (χ4v) is 2.05. The molecule has 84 valence electrons.